The fourth-order valence-electron chi connectivity index (χ4n) is 1.37. The molecule has 2 N–H and O–H groups in total. The van der Waals surface area contributed by atoms with E-state index in [2.05, 4.69) is 11.2 Å². The molecule has 0 saturated heterocycles. The lowest BCUT2D eigenvalue weighted by Gasteiger charge is -2.04. The molecule has 0 bridgehead atoms. The molecule has 79 valence electrons. The number of aromatic nitrogens is 1. The maximum absolute atomic E-state index is 13.8. The van der Waals surface area contributed by atoms with Crippen LogP contribution in [0.5, 0.6) is 0 Å². The summed E-state index contributed by atoms with van der Waals surface area (Å²) in [6, 6.07) is 8.76. The predicted molar refractivity (Wildman–Crippen MR) is 57.0 cm³/mol. The van der Waals surface area contributed by atoms with E-state index in [1.807, 2.05) is 6.07 Å². The van der Waals surface area contributed by atoms with E-state index in [0.717, 1.165) is 6.20 Å². The normalized spacial score (nSPS) is 10.1. The molecule has 1 amide bonds. The van der Waals surface area contributed by atoms with E-state index in [1.54, 1.807) is 24.3 Å². The lowest BCUT2D eigenvalue weighted by atomic mass is 10.1. The Bertz CT molecular complexity index is 526. The van der Waals surface area contributed by atoms with Gasteiger partial charge in [0.1, 0.15) is 12.0 Å². The molecule has 1 heterocycles. The van der Waals surface area contributed by atoms with Gasteiger partial charge < -0.3 is 5.73 Å². The summed E-state index contributed by atoms with van der Waals surface area (Å²) in [6.45, 7) is 0. The van der Waals surface area contributed by atoms with E-state index in [-0.39, 0.29) is 11.1 Å². The van der Waals surface area contributed by atoms with Crippen LogP contribution in [-0.2, 0) is 0 Å². The van der Waals surface area contributed by atoms with Crippen molar-refractivity contribution in [1.29, 1.82) is 0 Å². The maximum Gasteiger partial charge on any atom is 0.253 e. The Kier molecular flexibility index (Phi) is 2.64. The van der Waals surface area contributed by atoms with Gasteiger partial charge in [-0.1, -0.05) is 30.3 Å². The van der Waals surface area contributed by atoms with Crippen LogP contribution in [0, 0.1) is 12.0 Å². The molecule has 2 aromatic rings. The van der Waals surface area contributed by atoms with Gasteiger partial charge in [-0.15, -0.1) is 0 Å². The van der Waals surface area contributed by atoms with E-state index in [1.165, 1.54) is 0 Å². The van der Waals surface area contributed by atoms with Crippen molar-refractivity contribution in [3.63, 3.8) is 0 Å². The average molecular weight is 215 g/mol. The Morgan fingerprint density at radius 1 is 1.31 bits per heavy atom. The van der Waals surface area contributed by atoms with Gasteiger partial charge in [-0.05, 0) is 5.56 Å². The third-order valence-corrected chi connectivity index (χ3v) is 2.15. The van der Waals surface area contributed by atoms with Crippen molar-refractivity contribution in [3.8, 4) is 11.1 Å². The highest BCUT2D eigenvalue weighted by Crippen LogP contribution is 2.22. The van der Waals surface area contributed by atoms with Crippen molar-refractivity contribution >= 4 is 5.91 Å². The van der Waals surface area contributed by atoms with E-state index in [4.69, 9.17) is 5.73 Å². The number of pyridine rings is 1. The number of nitrogens with two attached hydrogens (primary N) is 1. The highest BCUT2D eigenvalue weighted by Gasteiger charge is 2.14. The molecule has 0 unspecified atom stereocenters. The standard InChI is InChI=1S/C12H8FN2O/c13-11-9(8-4-2-1-3-5-8)6-15-7-10(11)12(14)16/h1-5,7H,(H2,14,16). The highest BCUT2D eigenvalue weighted by atomic mass is 19.1. The second-order valence-electron chi connectivity index (χ2n) is 3.20. The Hall–Kier alpha value is -2.23. The summed E-state index contributed by atoms with van der Waals surface area (Å²) in [6.07, 6.45) is 3.59. The smallest absolute Gasteiger partial charge is 0.253 e. The minimum Gasteiger partial charge on any atom is -0.365 e. The van der Waals surface area contributed by atoms with E-state index >= 15 is 0 Å². The largest absolute Gasteiger partial charge is 0.365 e. The van der Waals surface area contributed by atoms with E-state index in [0.29, 0.717) is 5.56 Å². The summed E-state index contributed by atoms with van der Waals surface area (Å²) in [7, 11) is 0. The molecule has 0 aliphatic heterocycles. The van der Waals surface area contributed by atoms with Gasteiger partial charge in [0.15, 0.2) is 0 Å². The van der Waals surface area contributed by atoms with Crippen LogP contribution in [0.2, 0.25) is 0 Å². The lowest BCUT2D eigenvalue weighted by molar-refractivity contribution is 0.0996. The van der Waals surface area contributed by atoms with Crippen molar-refractivity contribution in [1.82, 2.24) is 4.98 Å². The molecule has 0 fully saturated rings. The second kappa shape index (κ2) is 4.10. The van der Waals surface area contributed by atoms with Crippen molar-refractivity contribution in [2.75, 3.05) is 0 Å². The van der Waals surface area contributed by atoms with Gasteiger partial charge >= 0.3 is 0 Å². The molecule has 3 nitrogen and oxygen atoms in total. The van der Waals surface area contributed by atoms with Crippen LogP contribution in [0.25, 0.3) is 11.1 Å². The monoisotopic (exact) mass is 215 g/mol. The van der Waals surface area contributed by atoms with Crippen molar-refractivity contribution in [3.05, 3.63) is 54.1 Å². The minimum absolute atomic E-state index is 0.150. The highest BCUT2D eigenvalue weighted by molar-refractivity contribution is 5.94. The van der Waals surface area contributed by atoms with Crippen LogP contribution in [0.4, 0.5) is 4.39 Å². The number of nitrogens with zero attached hydrogens (tertiary/aromatic N) is 1. The van der Waals surface area contributed by atoms with Crippen molar-refractivity contribution in [2.45, 2.75) is 0 Å². The average Bonchev–Trinajstić information content (AvgIpc) is 2.30. The third kappa shape index (κ3) is 1.77. The number of hydrogen-bond acceptors (Lipinski definition) is 2. The van der Waals surface area contributed by atoms with Crippen LogP contribution >= 0.6 is 0 Å². The Labute approximate surface area is 91.7 Å². The fourth-order valence-corrected chi connectivity index (χ4v) is 1.37. The lowest BCUT2D eigenvalue weighted by Crippen LogP contribution is -2.14. The van der Waals surface area contributed by atoms with Gasteiger partial charge in [-0.3, -0.25) is 9.78 Å². The molecule has 4 heteroatoms. The summed E-state index contributed by atoms with van der Waals surface area (Å²) in [5.74, 6) is -1.52. The van der Waals surface area contributed by atoms with Gasteiger partial charge in [0.2, 0.25) is 0 Å². The molecule has 0 spiro atoms. The molecule has 0 saturated carbocycles. The summed E-state index contributed by atoms with van der Waals surface area (Å²) in [4.78, 5) is 14.6. The molecule has 1 aromatic carbocycles. The molecule has 16 heavy (non-hydrogen) atoms. The Balaban J connectivity index is 2.59. The van der Waals surface area contributed by atoms with E-state index < -0.39 is 11.7 Å². The van der Waals surface area contributed by atoms with Crippen molar-refractivity contribution < 1.29 is 9.18 Å². The number of primary amides is 1. The maximum atomic E-state index is 13.8. The number of amides is 1. The minimum atomic E-state index is -0.837. The first kappa shape index (κ1) is 10.3. The second-order valence-corrected chi connectivity index (χ2v) is 3.20. The van der Waals surface area contributed by atoms with Crippen molar-refractivity contribution in [2.24, 2.45) is 5.73 Å². The first-order valence-electron chi connectivity index (χ1n) is 4.61. The first-order chi connectivity index (χ1) is 7.70. The zero-order chi connectivity index (χ0) is 11.5. The molecule has 2 rings (SSSR count). The zero-order valence-electron chi connectivity index (χ0n) is 8.27. The molecule has 0 aliphatic carbocycles. The van der Waals surface area contributed by atoms with Gasteiger partial charge in [-0.2, -0.15) is 0 Å². The predicted octanol–water partition coefficient (Wildman–Crippen LogP) is 1.79. The summed E-state index contributed by atoms with van der Waals surface area (Å²) in [5.41, 5.74) is 5.56. The van der Waals surface area contributed by atoms with Crippen LogP contribution in [0.15, 0.2) is 36.5 Å². The first-order valence-corrected chi connectivity index (χ1v) is 4.61. The number of carbonyl (C=O) groups excluding carboxylic acids is 1. The Morgan fingerprint density at radius 3 is 2.62 bits per heavy atom. The Morgan fingerprint density at radius 2 is 2.00 bits per heavy atom. The number of benzene rings is 1. The van der Waals surface area contributed by atoms with Gasteiger partial charge in [0.25, 0.3) is 5.91 Å². The SMILES string of the molecule is NC(=O)c1cn[c]c(-c2ccccc2)c1F. The quantitative estimate of drug-likeness (QED) is 0.830. The fraction of sp³-hybridized carbons (Fsp3) is 0. The molecular weight excluding hydrogens is 207 g/mol. The van der Waals surface area contributed by atoms with Gasteiger partial charge in [0, 0.05) is 11.8 Å². The summed E-state index contributed by atoms with van der Waals surface area (Å²) < 4.78 is 13.8. The number of hydrogen-bond donors (Lipinski definition) is 1. The van der Waals surface area contributed by atoms with Crippen LogP contribution in [0.3, 0.4) is 0 Å². The molecule has 1 aromatic heterocycles. The zero-order valence-corrected chi connectivity index (χ0v) is 8.27. The number of halogens is 1. The topological polar surface area (TPSA) is 56.0 Å². The number of rotatable bonds is 2. The van der Waals surface area contributed by atoms with Gasteiger partial charge in [-0.25, -0.2) is 4.39 Å². The summed E-state index contributed by atoms with van der Waals surface area (Å²) in [5, 5.41) is 0. The van der Waals surface area contributed by atoms with Crippen LogP contribution in [0.1, 0.15) is 10.4 Å². The molecule has 1 radical (unpaired) electrons. The van der Waals surface area contributed by atoms with Gasteiger partial charge in [0.05, 0.1) is 5.56 Å². The van der Waals surface area contributed by atoms with E-state index in [9.17, 15) is 9.18 Å². The van der Waals surface area contributed by atoms with Crippen LogP contribution < -0.4 is 5.73 Å². The van der Waals surface area contributed by atoms with Crippen LogP contribution in [-0.4, -0.2) is 10.9 Å². The number of carbonyl (C=O) groups is 1. The molecular formula is C12H8FN2O. The molecule has 0 aliphatic rings. The molecule has 0 atom stereocenters. The third-order valence-electron chi connectivity index (χ3n) is 2.15. The summed E-state index contributed by atoms with van der Waals surface area (Å²) >= 11 is 0.